The summed E-state index contributed by atoms with van der Waals surface area (Å²) in [4.78, 5) is 6.85. The van der Waals surface area contributed by atoms with Crippen molar-refractivity contribution in [3.63, 3.8) is 0 Å². The maximum atomic E-state index is 14.8. The number of anilines is 9. The van der Waals surface area contributed by atoms with Gasteiger partial charge in [-0.15, -0.1) is 0 Å². The lowest BCUT2D eigenvalue weighted by molar-refractivity contribution is 0.630. The Balaban J connectivity index is 0.000000117. The lowest BCUT2D eigenvalue weighted by atomic mass is 9.92. The van der Waals surface area contributed by atoms with Crippen molar-refractivity contribution in [2.75, 3.05) is 14.7 Å². The van der Waals surface area contributed by atoms with E-state index >= 15 is 0 Å². The zero-order valence-electron chi connectivity index (χ0n) is 67.5. The van der Waals surface area contributed by atoms with Crippen LogP contribution in [0.25, 0.3) is 143 Å². The van der Waals surface area contributed by atoms with Gasteiger partial charge >= 0.3 is 0 Å². The molecule has 0 amide bonds. The van der Waals surface area contributed by atoms with E-state index in [0.717, 1.165) is 122 Å². The highest BCUT2D eigenvalue weighted by Gasteiger charge is 2.21. The molecule has 0 aliphatic carbocycles. The molecule has 0 bridgehead atoms. The molecule has 0 spiro atoms. The fraction of sp³-hybridized carbons (Fsp3) is 0. The second-order valence-electron chi connectivity index (χ2n) is 30.8. The quantitative estimate of drug-likeness (QED) is 0.0962. The third kappa shape index (κ3) is 15.8. The average Bonchev–Trinajstić information content (AvgIpc) is 1.75. The van der Waals surface area contributed by atoms with Gasteiger partial charge in [-0.3, -0.25) is 0 Å². The van der Waals surface area contributed by atoms with E-state index in [4.69, 9.17) is 4.42 Å². The Morgan fingerprint density at radius 1 is 0.154 bits per heavy atom. The van der Waals surface area contributed by atoms with Crippen LogP contribution in [0.1, 0.15) is 0 Å². The molecule has 0 saturated carbocycles. The number of rotatable bonds is 16. The van der Waals surface area contributed by atoms with E-state index in [1.54, 1.807) is 12.1 Å². The van der Waals surface area contributed by atoms with Crippen molar-refractivity contribution in [3.8, 4) is 77.9 Å². The van der Waals surface area contributed by atoms with Crippen molar-refractivity contribution in [1.29, 1.82) is 0 Å². The molecule has 0 radical (unpaired) electrons. The van der Waals surface area contributed by atoms with Crippen LogP contribution in [0.5, 0.6) is 0 Å². The fourth-order valence-electron chi connectivity index (χ4n) is 17.3. The highest BCUT2D eigenvalue weighted by molar-refractivity contribution is 6.10. The second-order valence-corrected chi connectivity index (χ2v) is 30.8. The molecule has 123 heavy (non-hydrogen) atoms. The fourth-order valence-corrected chi connectivity index (χ4v) is 17.3. The number of halogens is 1. The Hall–Kier alpha value is -16.2. The molecule has 1 heterocycles. The second kappa shape index (κ2) is 34.4. The number of benzene rings is 21. The Morgan fingerprint density at radius 3 is 0.935 bits per heavy atom. The van der Waals surface area contributed by atoms with Crippen LogP contribution in [0.2, 0.25) is 0 Å². The highest BCUT2D eigenvalue weighted by atomic mass is 19.1. The molecule has 0 N–H and O–H groups in total. The lowest BCUT2D eigenvalue weighted by Crippen LogP contribution is -2.10. The zero-order valence-corrected chi connectivity index (χ0v) is 67.5. The van der Waals surface area contributed by atoms with Crippen molar-refractivity contribution in [3.05, 3.63) is 503 Å². The molecule has 1 aromatic heterocycles. The third-order valence-corrected chi connectivity index (χ3v) is 23.2. The van der Waals surface area contributed by atoms with Gasteiger partial charge in [0, 0.05) is 67.7 Å². The molecule has 21 aromatic carbocycles. The molecule has 22 rings (SSSR count). The third-order valence-electron chi connectivity index (χ3n) is 23.2. The molecule has 5 heteroatoms. The van der Waals surface area contributed by atoms with Gasteiger partial charge in [-0.1, -0.05) is 346 Å². The average molecular weight is 1580 g/mol. The number of furan rings is 1. The van der Waals surface area contributed by atoms with Gasteiger partial charge < -0.3 is 19.1 Å². The van der Waals surface area contributed by atoms with Crippen LogP contribution in [-0.2, 0) is 0 Å². The van der Waals surface area contributed by atoms with Crippen LogP contribution in [0.15, 0.2) is 502 Å². The van der Waals surface area contributed by atoms with Crippen molar-refractivity contribution < 1.29 is 8.81 Å². The van der Waals surface area contributed by atoms with Gasteiger partial charge in [0.25, 0.3) is 0 Å². The summed E-state index contributed by atoms with van der Waals surface area (Å²) in [5, 5.41) is 11.5. The number of para-hydroxylation sites is 6. The predicted molar refractivity (Wildman–Crippen MR) is 519 cm³/mol. The number of hydrogen-bond donors (Lipinski definition) is 0. The van der Waals surface area contributed by atoms with E-state index < -0.39 is 0 Å². The molecule has 22 aromatic rings. The first-order chi connectivity index (χ1) is 60.9. The van der Waals surface area contributed by atoms with Gasteiger partial charge in [0.15, 0.2) is 0 Å². The Bertz CT molecular complexity index is 7330. The Kier molecular flexibility index (Phi) is 21.1. The molecule has 0 unspecified atom stereocenters. The highest BCUT2D eigenvalue weighted by Crippen LogP contribution is 2.46. The van der Waals surface area contributed by atoms with Gasteiger partial charge in [0.1, 0.15) is 17.0 Å². The van der Waals surface area contributed by atoms with E-state index in [0.29, 0.717) is 0 Å². The van der Waals surface area contributed by atoms with Crippen molar-refractivity contribution in [1.82, 2.24) is 0 Å². The summed E-state index contributed by atoms with van der Waals surface area (Å²) in [6, 6.07) is 174. The topological polar surface area (TPSA) is 22.9 Å². The largest absolute Gasteiger partial charge is 0.456 e. The van der Waals surface area contributed by atoms with Gasteiger partial charge in [0.05, 0.1) is 5.69 Å². The molecular weight excluding hydrogens is 1490 g/mol. The lowest BCUT2D eigenvalue weighted by Gasteiger charge is -2.27. The van der Waals surface area contributed by atoms with Crippen molar-refractivity contribution in [2.45, 2.75) is 0 Å². The van der Waals surface area contributed by atoms with E-state index in [9.17, 15) is 4.39 Å². The molecule has 0 saturated heterocycles. The number of nitrogens with zero attached hydrogens (tertiary/aromatic N) is 3. The standard InChI is InChI=1S/C40H27NO.C40H29N.C38H26FN/c1-4-11-28(12-5-1)35-18-10-13-31-25-29(19-22-36(31)35)30-20-23-37-38-24-21-34(27-40(38)42-39(37)26-30)41(32-14-6-2-7-15-32)33-16-8-3-9-17-33;1-4-11-33(12-5-1)39-18-10-13-35-29-34(25-28-40(35)39)32-21-19-30(20-22-32)31-23-26-38(27-24-31)41(36-14-6-2-7-15-36)37-16-8-3-9-17-37;39-30-25-29-24-28(20-21-34(29)37(26-30)27-12-4-1-5-13-27)33-22-23-38(36-19-11-10-18-35(33)36)40(31-14-6-2-7-15-31)32-16-8-3-9-17-32/h1-27H;1-29H;1-26H. The minimum Gasteiger partial charge on any atom is -0.456 e. The molecule has 582 valence electrons. The summed E-state index contributed by atoms with van der Waals surface area (Å²) in [5.41, 5.74) is 28.0. The summed E-state index contributed by atoms with van der Waals surface area (Å²) in [7, 11) is 0. The maximum absolute atomic E-state index is 14.8. The van der Waals surface area contributed by atoms with E-state index in [-0.39, 0.29) is 5.82 Å². The molecule has 0 aliphatic heterocycles. The first-order valence-electron chi connectivity index (χ1n) is 41.8. The summed E-state index contributed by atoms with van der Waals surface area (Å²) < 4.78 is 21.3. The maximum Gasteiger partial charge on any atom is 0.137 e. The Labute approximate surface area is 716 Å². The van der Waals surface area contributed by atoms with Crippen LogP contribution in [0.4, 0.5) is 55.6 Å². The normalized spacial score (nSPS) is 11.1. The van der Waals surface area contributed by atoms with Gasteiger partial charge in [-0.25, -0.2) is 4.39 Å². The molecule has 0 fully saturated rings. The van der Waals surface area contributed by atoms with Crippen LogP contribution in [0, 0.1) is 5.82 Å². The van der Waals surface area contributed by atoms with Crippen LogP contribution in [0.3, 0.4) is 0 Å². The van der Waals surface area contributed by atoms with E-state index in [1.165, 1.54) is 71.6 Å². The predicted octanol–water partition coefficient (Wildman–Crippen LogP) is 33.8. The monoisotopic (exact) mass is 1580 g/mol. The smallest absolute Gasteiger partial charge is 0.137 e. The SMILES string of the molecule is Fc1cc(-c2ccccc2)c2ccc(-c3ccc(N(c4ccccc4)c4ccccc4)c4ccccc34)cc2c1.c1ccc(-c2cccc3cc(-c4ccc(-c5ccc(N(c6ccccc6)c6ccccc6)cc5)cc4)ccc23)cc1.c1ccc(-c2cccc3cc(-c4ccc5c(c4)oc4cc(N(c6ccccc6)c6ccccc6)ccc45)ccc23)cc1. The molecular formula is C118H82FN3O. The van der Waals surface area contributed by atoms with Crippen LogP contribution in [-0.4, -0.2) is 0 Å². The molecule has 0 aliphatic rings. The molecule has 4 nitrogen and oxygen atoms in total. The number of hydrogen-bond acceptors (Lipinski definition) is 4. The van der Waals surface area contributed by atoms with Gasteiger partial charge in [0.2, 0.25) is 0 Å². The first kappa shape index (κ1) is 75.5. The minimum atomic E-state index is -0.231. The van der Waals surface area contributed by atoms with Crippen LogP contribution >= 0.6 is 0 Å². The first-order valence-corrected chi connectivity index (χ1v) is 41.8. The van der Waals surface area contributed by atoms with Crippen molar-refractivity contribution >= 4 is 116 Å². The Morgan fingerprint density at radius 2 is 0.463 bits per heavy atom. The summed E-state index contributed by atoms with van der Waals surface area (Å²) in [5.74, 6) is -0.231. The summed E-state index contributed by atoms with van der Waals surface area (Å²) in [6.45, 7) is 0. The van der Waals surface area contributed by atoms with E-state index in [2.05, 4.69) is 445 Å². The summed E-state index contributed by atoms with van der Waals surface area (Å²) in [6.07, 6.45) is 0. The zero-order chi connectivity index (χ0) is 82.2. The van der Waals surface area contributed by atoms with Crippen molar-refractivity contribution in [2.24, 2.45) is 0 Å². The minimum absolute atomic E-state index is 0.231. The summed E-state index contributed by atoms with van der Waals surface area (Å²) >= 11 is 0. The van der Waals surface area contributed by atoms with Gasteiger partial charge in [-0.2, -0.15) is 0 Å². The van der Waals surface area contributed by atoms with E-state index in [1.807, 2.05) is 54.6 Å². The van der Waals surface area contributed by atoms with Gasteiger partial charge in [-0.05, 0) is 261 Å². The molecule has 0 atom stereocenters. The van der Waals surface area contributed by atoms with Crippen LogP contribution < -0.4 is 14.7 Å². The number of fused-ring (bicyclic) bond motifs is 7.